The van der Waals surface area contributed by atoms with Crippen molar-refractivity contribution in [2.24, 2.45) is 0 Å². The van der Waals surface area contributed by atoms with Crippen molar-refractivity contribution in [3.05, 3.63) is 17.9 Å². The number of hydrogen-bond donors (Lipinski definition) is 1. The first-order valence-electron chi connectivity index (χ1n) is 5.44. The van der Waals surface area contributed by atoms with E-state index in [0.717, 1.165) is 19.3 Å². The molecule has 2 heterocycles. The Bertz CT molecular complexity index is 488. The summed E-state index contributed by atoms with van der Waals surface area (Å²) in [5.74, 6) is 0.00372. The number of sulfonamides is 1. The molecule has 0 aliphatic carbocycles. The predicted molar refractivity (Wildman–Crippen MR) is 59.8 cm³/mol. The van der Waals surface area contributed by atoms with Gasteiger partial charge in [-0.15, -0.1) is 4.83 Å². The van der Waals surface area contributed by atoms with Crippen LogP contribution in [0.3, 0.4) is 0 Å². The molecule has 0 amide bonds. The molecular weight excluding hydrogens is 244 g/mol. The van der Waals surface area contributed by atoms with Gasteiger partial charge in [0.15, 0.2) is 12.0 Å². The van der Waals surface area contributed by atoms with Crippen LogP contribution in [0.4, 0.5) is 0 Å². The summed E-state index contributed by atoms with van der Waals surface area (Å²) >= 11 is 0. The van der Waals surface area contributed by atoms with Crippen molar-refractivity contribution in [2.75, 3.05) is 13.1 Å². The average molecular weight is 258 g/mol. The van der Waals surface area contributed by atoms with Crippen LogP contribution in [0.2, 0.25) is 0 Å². The van der Waals surface area contributed by atoms with Gasteiger partial charge >= 0.3 is 0 Å². The summed E-state index contributed by atoms with van der Waals surface area (Å²) in [6, 6.07) is 2.60. The highest BCUT2D eigenvalue weighted by atomic mass is 32.2. The highest BCUT2D eigenvalue weighted by Crippen LogP contribution is 2.14. The summed E-state index contributed by atoms with van der Waals surface area (Å²) in [4.78, 5) is 12.9. The van der Waals surface area contributed by atoms with Gasteiger partial charge in [-0.1, -0.05) is 6.42 Å². The van der Waals surface area contributed by atoms with Gasteiger partial charge in [0.2, 0.25) is 5.09 Å². The molecule has 6 nitrogen and oxygen atoms in total. The van der Waals surface area contributed by atoms with Crippen molar-refractivity contribution in [2.45, 2.75) is 24.4 Å². The van der Waals surface area contributed by atoms with Crippen molar-refractivity contribution in [3.63, 3.8) is 0 Å². The number of nitrogens with zero attached hydrogens (tertiary/aromatic N) is 1. The molecule has 0 saturated carbocycles. The lowest BCUT2D eigenvalue weighted by molar-refractivity contribution is 0.109. The van der Waals surface area contributed by atoms with Gasteiger partial charge in [-0.05, 0) is 25.0 Å². The lowest BCUT2D eigenvalue weighted by Gasteiger charge is -2.25. The second-order valence-electron chi connectivity index (χ2n) is 3.92. The third-order valence-electron chi connectivity index (χ3n) is 2.59. The molecule has 0 radical (unpaired) electrons. The van der Waals surface area contributed by atoms with Crippen molar-refractivity contribution in [3.8, 4) is 0 Å². The Morgan fingerprint density at radius 2 is 1.94 bits per heavy atom. The number of carbonyl (C=O) groups is 1. The molecule has 1 aromatic heterocycles. The van der Waals surface area contributed by atoms with E-state index in [0.29, 0.717) is 19.4 Å². The Balaban J connectivity index is 2.09. The molecule has 0 unspecified atom stereocenters. The quantitative estimate of drug-likeness (QED) is 0.807. The van der Waals surface area contributed by atoms with Gasteiger partial charge in [-0.3, -0.25) is 4.79 Å². The Hall–Kier alpha value is -1.18. The van der Waals surface area contributed by atoms with E-state index in [-0.39, 0.29) is 10.9 Å². The monoisotopic (exact) mass is 258 g/mol. The fourth-order valence-electron chi connectivity index (χ4n) is 1.74. The van der Waals surface area contributed by atoms with Gasteiger partial charge in [0.1, 0.15) is 0 Å². The molecule has 1 aliphatic heterocycles. The van der Waals surface area contributed by atoms with Crippen molar-refractivity contribution >= 4 is 16.3 Å². The normalized spacial score (nSPS) is 18.1. The lowest BCUT2D eigenvalue weighted by atomic mass is 10.2. The third-order valence-corrected chi connectivity index (χ3v) is 3.84. The number of hydrazine groups is 1. The summed E-state index contributed by atoms with van der Waals surface area (Å²) in [6.07, 6.45) is 3.54. The largest absolute Gasteiger partial charge is 0.440 e. The minimum absolute atomic E-state index is 0.00372. The molecule has 1 aromatic rings. The summed E-state index contributed by atoms with van der Waals surface area (Å²) in [5.41, 5.74) is 0. The van der Waals surface area contributed by atoms with Gasteiger partial charge in [-0.2, -0.15) is 0 Å². The molecule has 0 bridgehead atoms. The highest BCUT2D eigenvalue weighted by molar-refractivity contribution is 7.89. The topological polar surface area (TPSA) is 79.6 Å². The molecule has 1 saturated heterocycles. The number of piperidine rings is 1. The van der Waals surface area contributed by atoms with E-state index < -0.39 is 10.0 Å². The molecule has 2 rings (SSSR count). The van der Waals surface area contributed by atoms with E-state index in [2.05, 4.69) is 4.83 Å². The van der Waals surface area contributed by atoms with Crippen LogP contribution in [-0.4, -0.2) is 32.8 Å². The van der Waals surface area contributed by atoms with Gasteiger partial charge < -0.3 is 4.42 Å². The van der Waals surface area contributed by atoms with Crippen LogP contribution < -0.4 is 4.83 Å². The summed E-state index contributed by atoms with van der Waals surface area (Å²) in [6.45, 7) is 1.39. The summed E-state index contributed by atoms with van der Waals surface area (Å²) in [7, 11) is -3.70. The second kappa shape index (κ2) is 4.99. The second-order valence-corrected chi connectivity index (χ2v) is 5.51. The third kappa shape index (κ3) is 2.93. The van der Waals surface area contributed by atoms with Crippen LogP contribution in [0, 0.1) is 0 Å². The molecule has 0 atom stereocenters. The van der Waals surface area contributed by atoms with Gasteiger partial charge in [0.05, 0.1) is 0 Å². The Kier molecular flexibility index (Phi) is 3.60. The molecular formula is C10H14N2O4S. The minimum atomic E-state index is -3.70. The summed E-state index contributed by atoms with van der Waals surface area (Å²) < 4.78 is 28.6. The van der Waals surface area contributed by atoms with Gasteiger partial charge in [0.25, 0.3) is 10.0 Å². The molecule has 17 heavy (non-hydrogen) atoms. The molecule has 1 N–H and O–H groups in total. The predicted octanol–water partition coefficient (Wildman–Crippen LogP) is 0.771. The van der Waals surface area contributed by atoms with Gasteiger partial charge in [-0.25, -0.2) is 13.4 Å². The highest BCUT2D eigenvalue weighted by Gasteiger charge is 2.22. The first-order valence-corrected chi connectivity index (χ1v) is 6.92. The zero-order valence-electron chi connectivity index (χ0n) is 9.26. The number of furan rings is 1. The fourth-order valence-corrected chi connectivity index (χ4v) is 2.81. The van der Waals surface area contributed by atoms with Crippen LogP contribution in [0.5, 0.6) is 0 Å². The lowest BCUT2D eigenvalue weighted by Crippen LogP contribution is -2.44. The molecule has 0 aromatic carbocycles. The maximum absolute atomic E-state index is 11.9. The van der Waals surface area contributed by atoms with Crippen LogP contribution in [-0.2, 0) is 10.0 Å². The van der Waals surface area contributed by atoms with Crippen molar-refractivity contribution in [1.29, 1.82) is 0 Å². The fraction of sp³-hybridized carbons (Fsp3) is 0.500. The van der Waals surface area contributed by atoms with Crippen LogP contribution in [0.15, 0.2) is 21.6 Å². The van der Waals surface area contributed by atoms with Crippen LogP contribution in [0.1, 0.15) is 29.8 Å². The van der Waals surface area contributed by atoms with Crippen LogP contribution >= 0.6 is 0 Å². The number of rotatable bonds is 4. The first-order chi connectivity index (χ1) is 8.12. The van der Waals surface area contributed by atoms with E-state index in [1.807, 2.05) is 0 Å². The Morgan fingerprint density at radius 3 is 2.53 bits per heavy atom. The van der Waals surface area contributed by atoms with Crippen molar-refractivity contribution in [1.82, 2.24) is 9.84 Å². The maximum Gasteiger partial charge on any atom is 0.286 e. The summed E-state index contributed by atoms with van der Waals surface area (Å²) in [5, 5.41) is 1.42. The SMILES string of the molecule is O=Cc1ccc(S(=O)(=O)NN2CCCCC2)o1. The van der Waals surface area contributed by atoms with Crippen LogP contribution in [0.25, 0.3) is 0 Å². The maximum atomic E-state index is 11.9. The van der Waals surface area contributed by atoms with E-state index in [4.69, 9.17) is 4.42 Å². The number of carbonyl (C=O) groups excluding carboxylic acids is 1. The number of hydrogen-bond acceptors (Lipinski definition) is 5. The van der Waals surface area contributed by atoms with E-state index in [1.165, 1.54) is 12.1 Å². The number of aldehydes is 1. The van der Waals surface area contributed by atoms with Crippen molar-refractivity contribution < 1.29 is 17.6 Å². The average Bonchev–Trinajstić information content (AvgIpc) is 2.79. The first kappa shape index (κ1) is 12.3. The molecule has 94 valence electrons. The minimum Gasteiger partial charge on any atom is -0.440 e. The Labute approximate surface area is 99.6 Å². The van der Waals surface area contributed by atoms with E-state index >= 15 is 0 Å². The molecule has 0 spiro atoms. The molecule has 1 fully saturated rings. The molecule has 7 heteroatoms. The number of nitrogens with one attached hydrogen (secondary N) is 1. The standard InChI is InChI=1S/C10H14N2O4S/c13-8-9-4-5-10(16-9)17(14,15)11-12-6-2-1-3-7-12/h4-5,8,11H,1-3,6-7H2. The zero-order chi connectivity index (χ0) is 12.3. The smallest absolute Gasteiger partial charge is 0.286 e. The van der Waals surface area contributed by atoms with E-state index in [1.54, 1.807) is 5.01 Å². The van der Waals surface area contributed by atoms with E-state index in [9.17, 15) is 13.2 Å². The molecule has 1 aliphatic rings. The van der Waals surface area contributed by atoms with Gasteiger partial charge in [0, 0.05) is 13.1 Å². The zero-order valence-corrected chi connectivity index (χ0v) is 10.1. The Morgan fingerprint density at radius 1 is 1.24 bits per heavy atom.